The van der Waals surface area contributed by atoms with Gasteiger partial charge in [-0.3, -0.25) is 0 Å². The molecule has 0 saturated carbocycles. The minimum absolute atomic E-state index is 0.983. The van der Waals surface area contributed by atoms with Gasteiger partial charge in [-0.2, -0.15) is 8.78 Å². The van der Waals surface area contributed by atoms with Crippen LogP contribution in [0, 0.1) is 0 Å². The van der Waals surface area contributed by atoms with E-state index in [9.17, 15) is 8.78 Å². The number of hydrogen-bond acceptors (Lipinski definition) is 1. The molecule has 0 spiro atoms. The van der Waals surface area contributed by atoms with Gasteiger partial charge in [0.25, 0.3) is 5.29 Å². The Morgan fingerprint density at radius 3 is 2.00 bits per heavy atom. The molecule has 4 heteroatoms. The normalized spacial score (nSPS) is 13.1. The van der Waals surface area contributed by atoms with E-state index in [4.69, 9.17) is 0 Å². The highest BCUT2D eigenvalue weighted by atomic mass is 35.5. The molecule has 0 fully saturated rings. The number of hydrogen-bond donors (Lipinski definition) is 0. The highest BCUT2D eigenvalue weighted by Gasteiger charge is 1.98. The fourth-order valence-electron chi connectivity index (χ4n) is 0.0772. The van der Waals surface area contributed by atoms with Crippen LogP contribution in [0.4, 0.5) is 8.78 Å². The van der Waals surface area contributed by atoms with E-state index in [0.717, 1.165) is 7.11 Å². The molecule has 0 heterocycles. The summed E-state index contributed by atoms with van der Waals surface area (Å²) in [5, 5.41) is -1.46. The Bertz CT molecular complexity index is 86.9. The van der Waals surface area contributed by atoms with Gasteiger partial charge >= 0.3 is 6.01 Å². The van der Waals surface area contributed by atoms with Gasteiger partial charge in [0.1, 0.15) is 0 Å². The maximum Gasteiger partial charge on any atom is 0.321 e. The molecule has 0 N–H and O–H groups in total. The molecule has 0 aliphatic rings. The third-order valence-corrected chi connectivity index (χ3v) is 0.476. The van der Waals surface area contributed by atoms with Gasteiger partial charge in [0.15, 0.2) is 0 Å². The van der Waals surface area contributed by atoms with E-state index in [-0.39, 0.29) is 0 Å². The lowest BCUT2D eigenvalue weighted by atomic mass is 11.0. The molecule has 0 radical (unpaired) electrons. The number of methoxy groups -OCH3 is 1. The van der Waals surface area contributed by atoms with Crippen molar-refractivity contribution in [2.75, 3.05) is 7.11 Å². The average molecular weight is 129 g/mol. The zero-order valence-corrected chi connectivity index (χ0v) is 4.30. The van der Waals surface area contributed by atoms with E-state index in [0.29, 0.717) is 0 Å². The zero-order valence-electron chi connectivity index (χ0n) is 3.54. The second-order valence-corrected chi connectivity index (χ2v) is 1.07. The first kappa shape index (κ1) is 6.69. The predicted molar refractivity (Wildman–Crippen MR) is 22.1 cm³/mol. The van der Waals surface area contributed by atoms with Crippen LogP contribution in [-0.2, 0) is 4.74 Å². The Morgan fingerprint density at radius 2 is 2.00 bits per heavy atom. The maximum absolute atomic E-state index is 11.4. The van der Waals surface area contributed by atoms with E-state index in [2.05, 4.69) is 16.3 Å². The number of halogens is 3. The van der Waals surface area contributed by atoms with Gasteiger partial charge < -0.3 is 4.74 Å². The van der Waals surface area contributed by atoms with Gasteiger partial charge in [-0.25, -0.2) is 0 Å². The monoisotopic (exact) mass is 128 g/mol. The summed E-state index contributed by atoms with van der Waals surface area (Å²) in [4.78, 5) is 0. The molecule has 0 bridgehead atoms. The summed E-state index contributed by atoms with van der Waals surface area (Å²) >= 11 is 4.44. The summed E-state index contributed by atoms with van der Waals surface area (Å²) < 4.78 is 26.4. The first-order chi connectivity index (χ1) is 3.18. The largest absolute Gasteiger partial charge is 0.471 e. The third kappa shape index (κ3) is 2.39. The maximum atomic E-state index is 11.4. The lowest BCUT2D eigenvalue weighted by Gasteiger charge is -1.88. The fourth-order valence-corrected chi connectivity index (χ4v) is 0.154. The summed E-state index contributed by atoms with van der Waals surface area (Å²) in [6, 6.07) is -1.39. The van der Waals surface area contributed by atoms with E-state index in [1.807, 2.05) is 0 Å². The van der Waals surface area contributed by atoms with E-state index >= 15 is 0 Å². The Kier molecular flexibility index (Phi) is 2.67. The summed E-state index contributed by atoms with van der Waals surface area (Å²) in [5.41, 5.74) is 0. The standard InChI is InChI=1S/C3H3ClF2O/c1-7-3(6)2(4)5/h1H3. The Morgan fingerprint density at radius 1 is 1.57 bits per heavy atom. The lowest BCUT2D eigenvalue weighted by Crippen LogP contribution is -1.75. The van der Waals surface area contributed by atoms with Crippen molar-refractivity contribution in [1.82, 2.24) is 0 Å². The van der Waals surface area contributed by atoms with Gasteiger partial charge in [0.2, 0.25) is 0 Å². The molecule has 0 aliphatic heterocycles. The van der Waals surface area contributed by atoms with E-state index in [1.165, 1.54) is 0 Å². The minimum Gasteiger partial charge on any atom is -0.471 e. The van der Waals surface area contributed by atoms with E-state index in [1.54, 1.807) is 0 Å². The van der Waals surface area contributed by atoms with Gasteiger partial charge in [-0.05, 0) is 11.6 Å². The number of rotatable bonds is 1. The summed E-state index contributed by atoms with van der Waals surface area (Å²) in [6.07, 6.45) is 0. The third-order valence-electron chi connectivity index (χ3n) is 0.328. The molecule has 0 atom stereocenters. The van der Waals surface area contributed by atoms with Crippen molar-refractivity contribution in [3.63, 3.8) is 0 Å². The lowest BCUT2D eigenvalue weighted by molar-refractivity contribution is 0.192. The predicted octanol–water partition coefficient (Wildman–Crippen LogP) is 1.94. The van der Waals surface area contributed by atoms with Crippen molar-refractivity contribution in [1.29, 1.82) is 0 Å². The van der Waals surface area contributed by atoms with Crippen molar-refractivity contribution in [2.24, 2.45) is 0 Å². The van der Waals surface area contributed by atoms with Crippen LogP contribution in [0.3, 0.4) is 0 Å². The van der Waals surface area contributed by atoms with E-state index < -0.39 is 11.3 Å². The molecule has 0 unspecified atom stereocenters. The molecule has 0 rings (SSSR count). The van der Waals surface area contributed by atoms with Gasteiger partial charge in [-0.15, -0.1) is 0 Å². The topological polar surface area (TPSA) is 9.23 Å². The van der Waals surface area contributed by atoms with Gasteiger partial charge in [0.05, 0.1) is 7.11 Å². The second-order valence-electron chi connectivity index (χ2n) is 0.738. The van der Waals surface area contributed by atoms with Crippen LogP contribution in [0.15, 0.2) is 11.3 Å². The molecule has 0 saturated heterocycles. The van der Waals surface area contributed by atoms with Crippen LogP contribution in [0.2, 0.25) is 0 Å². The first-order valence-corrected chi connectivity index (χ1v) is 1.81. The first-order valence-electron chi connectivity index (χ1n) is 1.43. The molecular weight excluding hydrogens is 125 g/mol. The van der Waals surface area contributed by atoms with Crippen molar-refractivity contribution >= 4 is 11.6 Å². The van der Waals surface area contributed by atoms with Crippen molar-refractivity contribution in [2.45, 2.75) is 0 Å². The Balaban J connectivity index is 3.72. The summed E-state index contributed by atoms with van der Waals surface area (Å²) in [5.74, 6) is 0. The van der Waals surface area contributed by atoms with Crippen LogP contribution in [0.1, 0.15) is 0 Å². The molecule has 0 aliphatic carbocycles. The Labute approximate surface area is 44.5 Å². The van der Waals surface area contributed by atoms with Crippen molar-refractivity contribution in [3.05, 3.63) is 11.3 Å². The smallest absolute Gasteiger partial charge is 0.321 e. The van der Waals surface area contributed by atoms with Crippen molar-refractivity contribution < 1.29 is 13.5 Å². The zero-order chi connectivity index (χ0) is 5.86. The Hall–Kier alpha value is -0.310. The summed E-state index contributed by atoms with van der Waals surface area (Å²) in [6.45, 7) is 0. The van der Waals surface area contributed by atoms with Crippen LogP contribution >= 0.6 is 11.6 Å². The molecule has 0 amide bonds. The number of ether oxygens (including phenoxy) is 1. The average Bonchev–Trinajstić information content (AvgIpc) is 1.65. The highest BCUT2D eigenvalue weighted by Crippen LogP contribution is 2.11. The highest BCUT2D eigenvalue weighted by molar-refractivity contribution is 6.28. The second kappa shape index (κ2) is 2.80. The molecular formula is C3H3ClF2O. The fraction of sp³-hybridized carbons (Fsp3) is 0.333. The van der Waals surface area contributed by atoms with Crippen molar-refractivity contribution in [3.8, 4) is 0 Å². The van der Waals surface area contributed by atoms with Gasteiger partial charge in [0, 0.05) is 0 Å². The van der Waals surface area contributed by atoms with Crippen LogP contribution < -0.4 is 0 Å². The molecule has 42 valence electrons. The van der Waals surface area contributed by atoms with Crippen LogP contribution in [-0.4, -0.2) is 7.11 Å². The van der Waals surface area contributed by atoms with Crippen LogP contribution in [0.5, 0.6) is 0 Å². The van der Waals surface area contributed by atoms with Crippen LogP contribution in [0.25, 0.3) is 0 Å². The SMILES string of the molecule is COC(F)=C(F)Cl. The van der Waals surface area contributed by atoms with Gasteiger partial charge in [-0.1, -0.05) is 0 Å². The molecule has 0 aromatic heterocycles. The quantitative estimate of drug-likeness (QED) is 0.491. The summed E-state index contributed by atoms with van der Waals surface area (Å²) in [7, 11) is 0.983. The minimum atomic E-state index is -1.46. The molecule has 0 aromatic rings. The molecule has 7 heavy (non-hydrogen) atoms. The molecule has 1 nitrogen and oxygen atoms in total. The molecule has 0 aromatic carbocycles.